The largest absolute Gasteiger partial charge is 0.306 e. The topological polar surface area (TPSA) is 29.1 Å². The lowest BCUT2D eigenvalue weighted by Gasteiger charge is -2.06. The second-order valence-corrected chi connectivity index (χ2v) is 3.66. The van der Waals surface area contributed by atoms with Gasteiger partial charge in [0, 0.05) is 12.1 Å². The molecule has 1 rings (SSSR count). The van der Waals surface area contributed by atoms with Gasteiger partial charge in [0.25, 0.3) is 0 Å². The van der Waals surface area contributed by atoms with Crippen molar-refractivity contribution in [3.63, 3.8) is 0 Å². The fourth-order valence-corrected chi connectivity index (χ4v) is 1.51. The zero-order valence-corrected chi connectivity index (χ0v) is 9.34. The van der Waals surface area contributed by atoms with Crippen LogP contribution in [0.2, 0.25) is 0 Å². The second kappa shape index (κ2) is 5.47. The fourth-order valence-electron chi connectivity index (χ4n) is 1.51. The first-order chi connectivity index (χ1) is 7.15. The van der Waals surface area contributed by atoms with Crippen molar-refractivity contribution in [2.24, 2.45) is 0 Å². The first-order valence-electron chi connectivity index (χ1n) is 5.07. The highest BCUT2D eigenvalue weighted by Crippen LogP contribution is 2.10. The Hall–Kier alpha value is -1.41. The van der Waals surface area contributed by atoms with Crippen molar-refractivity contribution in [1.29, 1.82) is 0 Å². The summed E-state index contributed by atoms with van der Waals surface area (Å²) < 4.78 is 0. The Kier molecular flexibility index (Phi) is 4.25. The maximum absolute atomic E-state index is 11.8. The van der Waals surface area contributed by atoms with E-state index < -0.39 is 0 Å². The lowest BCUT2D eigenvalue weighted by molar-refractivity contribution is 0.0992. The van der Waals surface area contributed by atoms with Crippen molar-refractivity contribution >= 4 is 5.78 Å². The van der Waals surface area contributed by atoms with Gasteiger partial charge in [0.2, 0.25) is 0 Å². The van der Waals surface area contributed by atoms with Gasteiger partial charge < -0.3 is 5.32 Å². The standard InChI is InChI=1S/C13H17NO/c1-4-7-14-9-13(15)12-6-5-10(2)8-11(12)3/h4-6,8,14H,1,7,9H2,2-3H3. The lowest BCUT2D eigenvalue weighted by atomic mass is 10.0. The van der Waals surface area contributed by atoms with Crippen molar-refractivity contribution in [1.82, 2.24) is 5.32 Å². The monoisotopic (exact) mass is 203 g/mol. The van der Waals surface area contributed by atoms with Crippen LogP contribution < -0.4 is 5.32 Å². The number of nitrogens with one attached hydrogen (secondary N) is 1. The number of rotatable bonds is 5. The van der Waals surface area contributed by atoms with Crippen LogP contribution in [0.25, 0.3) is 0 Å². The van der Waals surface area contributed by atoms with E-state index in [1.54, 1.807) is 6.08 Å². The van der Waals surface area contributed by atoms with Crippen LogP contribution in [0.4, 0.5) is 0 Å². The molecule has 0 atom stereocenters. The summed E-state index contributed by atoms with van der Waals surface area (Å²) in [4.78, 5) is 11.8. The SMILES string of the molecule is C=CCNCC(=O)c1ccc(C)cc1C. The lowest BCUT2D eigenvalue weighted by Crippen LogP contribution is -2.23. The summed E-state index contributed by atoms with van der Waals surface area (Å²) in [5.74, 6) is 0.134. The van der Waals surface area contributed by atoms with Crippen LogP contribution in [0.1, 0.15) is 21.5 Å². The molecule has 15 heavy (non-hydrogen) atoms. The number of carbonyl (C=O) groups excluding carboxylic acids is 1. The van der Waals surface area contributed by atoms with Gasteiger partial charge in [-0.05, 0) is 19.4 Å². The molecule has 0 aliphatic heterocycles. The Morgan fingerprint density at radius 2 is 2.20 bits per heavy atom. The molecule has 0 aliphatic carbocycles. The Labute approximate surface area is 91.0 Å². The molecule has 80 valence electrons. The summed E-state index contributed by atoms with van der Waals surface area (Å²) in [7, 11) is 0. The van der Waals surface area contributed by atoms with Crippen LogP contribution >= 0.6 is 0 Å². The van der Waals surface area contributed by atoms with Crippen molar-refractivity contribution in [3.8, 4) is 0 Å². The fraction of sp³-hybridized carbons (Fsp3) is 0.308. The minimum absolute atomic E-state index is 0.134. The van der Waals surface area contributed by atoms with E-state index >= 15 is 0 Å². The number of hydrogen-bond donors (Lipinski definition) is 1. The van der Waals surface area contributed by atoms with Gasteiger partial charge in [-0.1, -0.05) is 29.8 Å². The molecule has 0 heterocycles. The van der Waals surface area contributed by atoms with Crippen LogP contribution in [0.15, 0.2) is 30.9 Å². The van der Waals surface area contributed by atoms with Crippen LogP contribution in [0.5, 0.6) is 0 Å². The van der Waals surface area contributed by atoms with E-state index in [4.69, 9.17) is 0 Å². The summed E-state index contributed by atoms with van der Waals surface area (Å²) in [5.41, 5.74) is 3.03. The molecule has 1 N–H and O–H groups in total. The molecule has 1 aromatic carbocycles. The van der Waals surface area contributed by atoms with E-state index in [1.165, 1.54) is 5.56 Å². The Bertz CT molecular complexity index is 369. The quantitative estimate of drug-likeness (QED) is 0.452. The van der Waals surface area contributed by atoms with E-state index in [9.17, 15) is 4.79 Å². The predicted molar refractivity (Wildman–Crippen MR) is 63.3 cm³/mol. The van der Waals surface area contributed by atoms with Crippen LogP contribution in [0, 0.1) is 13.8 Å². The van der Waals surface area contributed by atoms with Crippen molar-refractivity contribution in [2.75, 3.05) is 13.1 Å². The third-order valence-corrected chi connectivity index (χ3v) is 2.26. The number of ketones is 1. The first-order valence-corrected chi connectivity index (χ1v) is 5.07. The molecule has 0 saturated carbocycles. The smallest absolute Gasteiger partial charge is 0.176 e. The molecule has 0 radical (unpaired) electrons. The molecule has 2 nitrogen and oxygen atoms in total. The summed E-state index contributed by atoms with van der Waals surface area (Å²) in [5, 5.41) is 3.01. The number of carbonyl (C=O) groups is 1. The highest BCUT2D eigenvalue weighted by molar-refractivity contribution is 5.98. The van der Waals surface area contributed by atoms with Crippen LogP contribution in [-0.4, -0.2) is 18.9 Å². The minimum Gasteiger partial charge on any atom is -0.306 e. The summed E-state index contributed by atoms with van der Waals surface area (Å²) >= 11 is 0. The maximum Gasteiger partial charge on any atom is 0.176 e. The van der Waals surface area contributed by atoms with Gasteiger partial charge in [-0.2, -0.15) is 0 Å². The summed E-state index contributed by atoms with van der Waals surface area (Å²) in [6, 6.07) is 5.89. The van der Waals surface area contributed by atoms with Crippen molar-refractivity contribution < 1.29 is 4.79 Å². The van der Waals surface area contributed by atoms with Crippen molar-refractivity contribution in [2.45, 2.75) is 13.8 Å². The van der Waals surface area contributed by atoms with Gasteiger partial charge in [-0.15, -0.1) is 6.58 Å². The molecule has 0 bridgehead atoms. The summed E-state index contributed by atoms with van der Waals surface area (Å²) in [6.45, 7) is 8.61. The maximum atomic E-state index is 11.8. The highest BCUT2D eigenvalue weighted by Gasteiger charge is 2.07. The van der Waals surface area contributed by atoms with Crippen LogP contribution in [-0.2, 0) is 0 Å². The molecule has 0 spiro atoms. The van der Waals surface area contributed by atoms with E-state index in [0.717, 1.165) is 11.1 Å². The number of hydrogen-bond acceptors (Lipinski definition) is 2. The molecule has 0 amide bonds. The second-order valence-electron chi connectivity index (χ2n) is 3.66. The van der Waals surface area contributed by atoms with Gasteiger partial charge in [0.1, 0.15) is 0 Å². The Morgan fingerprint density at radius 1 is 1.47 bits per heavy atom. The van der Waals surface area contributed by atoms with Gasteiger partial charge in [-0.3, -0.25) is 4.79 Å². The van der Waals surface area contributed by atoms with E-state index in [0.29, 0.717) is 13.1 Å². The normalized spacial score (nSPS) is 10.0. The van der Waals surface area contributed by atoms with Gasteiger partial charge in [-0.25, -0.2) is 0 Å². The molecule has 0 aliphatic rings. The third-order valence-electron chi connectivity index (χ3n) is 2.26. The predicted octanol–water partition coefficient (Wildman–Crippen LogP) is 2.26. The highest BCUT2D eigenvalue weighted by atomic mass is 16.1. The van der Waals surface area contributed by atoms with Crippen LogP contribution in [0.3, 0.4) is 0 Å². The molecule has 2 heteroatoms. The number of aryl methyl sites for hydroxylation is 2. The first kappa shape index (κ1) is 11.7. The van der Waals surface area contributed by atoms with E-state index in [2.05, 4.69) is 11.9 Å². The summed E-state index contributed by atoms with van der Waals surface area (Å²) in [6.07, 6.45) is 1.75. The minimum atomic E-state index is 0.134. The molecule has 0 fully saturated rings. The molecular formula is C13H17NO. The van der Waals surface area contributed by atoms with Gasteiger partial charge in [0.15, 0.2) is 5.78 Å². The van der Waals surface area contributed by atoms with Crippen molar-refractivity contribution in [3.05, 3.63) is 47.5 Å². The third kappa shape index (κ3) is 3.33. The zero-order chi connectivity index (χ0) is 11.3. The van der Waals surface area contributed by atoms with E-state index in [1.807, 2.05) is 32.0 Å². The molecule has 0 unspecified atom stereocenters. The molecular weight excluding hydrogens is 186 g/mol. The average Bonchev–Trinajstić information content (AvgIpc) is 2.17. The van der Waals surface area contributed by atoms with E-state index in [-0.39, 0.29) is 5.78 Å². The number of Topliss-reactive ketones (excluding diaryl/α,β-unsaturated/α-hetero) is 1. The molecule has 1 aromatic rings. The zero-order valence-electron chi connectivity index (χ0n) is 9.34. The van der Waals surface area contributed by atoms with Gasteiger partial charge in [0.05, 0.1) is 6.54 Å². The number of benzene rings is 1. The molecule has 0 aromatic heterocycles. The Balaban J connectivity index is 2.69. The Morgan fingerprint density at radius 3 is 2.80 bits per heavy atom. The average molecular weight is 203 g/mol. The van der Waals surface area contributed by atoms with Gasteiger partial charge >= 0.3 is 0 Å². The molecule has 0 saturated heterocycles.